The van der Waals surface area contributed by atoms with E-state index in [9.17, 15) is 13.2 Å². The standard InChI is InChI=1S/C13H20N2O4S2/c1-9(11-5-7-13(20-11)21(14,17)18)15-12(16)6-4-10-3-2-8-19-10/h5,7,9-10H,2-4,6,8H2,1H3,(H,15,16)(H2,14,17,18). The first-order valence-corrected chi connectivity index (χ1v) is 9.26. The lowest BCUT2D eigenvalue weighted by Crippen LogP contribution is -2.26. The summed E-state index contributed by atoms with van der Waals surface area (Å²) in [5, 5.41) is 7.94. The van der Waals surface area contributed by atoms with E-state index in [1.165, 1.54) is 6.07 Å². The number of thiophene rings is 1. The van der Waals surface area contributed by atoms with Crippen molar-refractivity contribution in [1.82, 2.24) is 5.32 Å². The molecule has 0 aliphatic carbocycles. The lowest BCUT2D eigenvalue weighted by atomic mass is 10.1. The summed E-state index contributed by atoms with van der Waals surface area (Å²) in [5.74, 6) is -0.0523. The molecule has 1 amide bonds. The molecule has 0 bridgehead atoms. The molecule has 118 valence electrons. The topological polar surface area (TPSA) is 98.5 Å². The van der Waals surface area contributed by atoms with Crippen molar-refractivity contribution in [2.45, 2.75) is 49.0 Å². The average Bonchev–Trinajstić information content (AvgIpc) is 3.07. The number of hydrogen-bond donors (Lipinski definition) is 2. The van der Waals surface area contributed by atoms with E-state index in [0.717, 1.165) is 42.1 Å². The van der Waals surface area contributed by atoms with E-state index in [4.69, 9.17) is 9.88 Å². The second kappa shape index (κ2) is 6.87. The van der Waals surface area contributed by atoms with Crippen molar-refractivity contribution in [2.24, 2.45) is 5.14 Å². The highest BCUT2D eigenvalue weighted by molar-refractivity contribution is 7.91. The van der Waals surface area contributed by atoms with Crippen LogP contribution in [0.2, 0.25) is 0 Å². The number of carbonyl (C=O) groups excluding carboxylic acids is 1. The molecule has 8 heteroatoms. The molecule has 1 aliphatic rings. The highest BCUT2D eigenvalue weighted by Gasteiger charge is 2.19. The summed E-state index contributed by atoms with van der Waals surface area (Å²) in [6, 6.07) is 2.90. The molecule has 1 aromatic rings. The maximum atomic E-state index is 11.9. The van der Waals surface area contributed by atoms with Crippen molar-refractivity contribution >= 4 is 27.3 Å². The van der Waals surface area contributed by atoms with Crippen LogP contribution in [0.1, 0.15) is 43.5 Å². The molecule has 1 aromatic heterocycles. The lowest BCUT2D eigenvalue weighted by Gasteiger charge is -2.13. The van der Waals surface area contributed by atoms with E-state index >= 15 is 0 Å². The van der Waals surface area contributed by atoms with Crippen LogP contribution in [0.4, 0.5) is 0 Å². The first-order valence-electron chi connectivity index (χ1n) is 6.90. The third-order valence-corrected chi connectivity index (χ3v) is 6.11. The van der Waals surface area contributed by atoms with E-state index in [1.54, 1.807) is 6.07 Å². The number of carbonyl (C=O) groups is 1. The van der Waals surface area contributed by atoms with E-state index in [2.05, 4.69) is 5.32 Å². The van der Waals surface area contributed by atoms with Gasteiger partial charge in [0.25, 0.3) is 0 Å². The Kier molecular flexibility index (Phi) is 5.37. The zero-order valence-corrected chi connectivity index (χ0v) is 13.5. The number of nitrogens with two attached hydrogens (primary N) is 1. The second-order valence-electron chi connectivity index (χ2n) is 5.16. The molecule has 1 saturated heterocycles. The van der Waals surface area contributed by atoms with Crippen LogP contribution in [0.5, 0.6) is 0 Å². The van der Waals surface area contributed by atoms with Crippen molar-refractivity contribution < 1.29 is 17.9 Å². The Balaban J connectivity index is 1.84. The molecule has 2 rings (SSSR count). The quantitative estimate of drug-likeness (QED) is 0.825. The van der Waals surface area contributed by atoms with E-state index < -0.39 is 10.0 Å². The van der Waals surface area contributed by atoms with Gasteiger partial charge in [-0.25, -0.2) is 13.6 Å². The van der Waals surface area contributed by atoms with Crippen molar-refractivity contribution in [3.05, 3.63) is 17.0 Å². The van der Waals surface area contributed by atoms with Gasteiger partial charge in [-0.05, 0) is 38.3 Å². The first-order chi connectivity index (χ1) is 9.86. The minimum Gasteiger partial charge on any atom is -0.378 e. The van der Waals surface area contributed by atoms with Crippen LogP contribution in [0, 0.1) is 0 Å². The van der Waals surface area contributed by atoms with Gasteiger partial charge < -0.3 is 10.1 Å². The normalized spacial score (nSPS) is 20.4. The number of hydrogen-bond acceptors (Lipinski definition) is 5. The fourth-order valence-electron chi connectivity index (χ4n) is 2.27. The number of sulfonamides is 1. The maximum Gasteiger partial charge on any atom is 0.247 e. The Bertz CT molecular complexity index is 591. The van der Waals surface area contributed by atoms with Gasteiger partial charge in [-0.15, -0.1) is 11.3 Å². The number of primary sulfonamides is 1. The van der Waals surface area contributed by atoms with Crippen molar-refractivity contribution in [3.8, 4) is 0 Å². The van der Waals surface area contributed by atoms with Crippen LogP contribution >= 0.6 is 11.3 Å². The molecule has 2 heterocycles. The van der Waals surface area contributed by atoms with Crippen LogP contribution in [0.3, 0.4) is 0 Å². The molecule has 3 N–H and O–H groups in total. The van der Waals surface area contributed by atoms with Gasteiger partial charge in [0.2, 0.25) is 15.9 Å². The molecule has 0 aromatic carbocycles. The molecule has 1 fully saturated rings. The number of nitrogens with one attached hydrogen (secondary N) is 1. The van der Waals surface area contributed by atoms with Crippen LogP contribution in [0.25, 0.3) is 0 Å². The van der Waals surface area contributed by atoms with E-state index in [-0.39, 0.29) is 22.3 Å². The Morgan fingerprint density at radius 1 is 1.57 bits per heavy atom. The molecule has 0 spiro atoms. The predicted molar refractivity (Wildman–Crippen MR) is 80.5 cm³/mol. The monoisotopic (exact) mass is 332 g/mol. The smallest absolute Gasteiger partial charge is 0.247 e. The maximum absolute atomic E-state index is 11.9. The van der Waals surface area contributed by atoms with Crippen LogP contribution in [-0.4, -0.2) is 27.0 Å². The van der Waals surface area contributed by atoms with Gasteiger partial charge in [0, 0.05) is 17.9 Å². The Morgan fingerprint density at radius 3 is 2.90 bits per heavy atom. The summed E-state index contributed by atoms with van der Waals surface area (Å²) >= 11 is 1.08. The van der Waals surface area contributed by atoms with Crippen LogP contribution in [0.15, 0.2) is 16.3 Å². The van der Waals surface area contributed by atoms with E-state index in [0.29, 0.717) is 6.42 Å². The highest BCUT2D eigenvalue weighted by Crippen LogP contribution is 2.26. The third kappa shape index (κ3) is 4.77. The summed E-state index contributed by atoms with van der Waals surface area (Å²) in [6.07, 6.45) is 3.43. The minimum atomic E-state index is -3.68. The molecule has 1 aliphatic heterocycles. The van der Waals surface area contributed by atoms with E-state index in [1.807, 2.05) is 6.92 Å². The first kappa shape index (κ1) is 16.4. The predicted octanol–water partition coefficient (Wildman–Crippen LogP) is 1.53. The number of rotatable bonds is 6. The van der Waals surface area contributed by atoms with Gasteiger partial charge in [-0.2, -0.15) is 0 Å². The van der Waals surface area contributed by atoms with Gasteiger partial charge in [-0.1, -0.05) is 0 Å². The van der Waals surface area contributed by atoms with Gasteiger partial charge >= 0.3 is 0 Å². The molecule has 6 nitrogen and oxygen atoms in total. The molecule has 2 atom stereocenters. The zero-order valence-electron chi connectivity index (χ0n) is 11.9. The van der Waals surface area contributed by atoms with Crippen LogP contribution < -0.4 is 10.5 Å². The van der Waals surface area contributed by atoms with Crippen molar-refractivity contribution in [3.63, 3.8) is 0 Å². The summed E-state index contributed by atoms with van der Waals surface area (Å²) in [7, 11) is -3.68. The summed E-state index contributed by atoms with van der Waals surface area (Å²) < 4.78 is 28.0. The molecular formula is C13H20N2O4S2. The average molecular weight is 332 g/mol. The summed E-state index contributed by atoms with van der Waals surface area (Å²) in [5.41, 5.74) is 0. The van der Waals surface area contributed by atoms with Gasteiger partial charge in [0.1, 0.15) is 4.21 Å². The number of amides is 1. The highest BCUT2D eigenvalue weighted by atomic mass is 32.2. The summed E-state index contributed by atoms with van der Waals surface area (Å²) in [6.45, 7) is 2.61. The Labute approximate surface area is 128 Å². The van der Waals surface area contributed by atoms with Gasteiger partial charge in [0.05, 0.1) is 12.1 Å². The van der Waals surface area contributed by atoms with Crippen molar-refractivity contribution in [1.29, 1.82) is 0 Å². The van der Waals surface area contributed by atoms with Gasteiger partial charge in [0.15, 0.2) is 0 Å². The SMILES string of the molecule is CC(NC(=O)CCC1CCCO1)c1ccc(S(N)(=O)=O)s1. The molecule has 0 radical (unpaired) electrons. The molecule has 0 saturated carbocycles. The third-order valence-electron chi connectivity index (χ3n) is 3.40. The fraction of sp³-hybridized carbons (Fsp3) is 0.615. The molecular weight excluding hydrogens is 312 g/mol. The molecule has 21 heavy (non-hydrogen) atoms. The molecule has 2 unspecified atom stereocenters. The number of ether oxygens (including phenoxy) is 1. The zero-order chi connectivity index (χ0) is 15.5. The lowest BCUT2D eigenvalue weighted by molar-refractivity contribution is -0.122. The largest absolute Gasteiger partial charge is 0.378 e. The van der Waals surface area contributed by atoms with Crippen molar-refractivity contribution in [2.75, 3.05) is 6.61 Å². The van der Waals surface area contributed by atoms with Gasteiger partial charge in [-0.3, -0.25) is 4.79 Å². The Morgan fingerprint density at radius 2 is 2.33 bits per heavy atom. The minimum absolute atomic E-state index is 0.0523. The van der Waals surface area contributed by atoms with Crippen LogP contribution in [-0.2, 0) is 19.6 Å². The summed E-state index contributed by atoms with van der Waals surface area (Å²) in [4.78, 5) is 12.7. The fourth-order valence-corrected chi connectivity index (χ4v) is 4.02. The Hall–Kier alpha value is -0.960. The second-order valence-corrected chi connectivity index (χ2v) is 8.07.